The molecule has 0 saturated carbocycles. The van der Waals surface area contributed by atoms with Crippen LogP contribution in [0.3, 0.4) is 0 Å². The predicted molar refractivity (Wildman–Crippen MR) is 134 cm³/mol. The molecule has 0 N–H and O–H groups in total. The van der Waals surface area contributed by atoms with Crippen LogP contribution in [0.2, 0.25) is 0 Å². The fraction of sp³-hybridized carbons (Fsp3) is 0.214. The van der Waals surface area contributed by atoms with Crippen LogP contribution >= 0.6 is 0 Å². The number of hydrogen-bond donors (Lipinski definition) is 0. The summed E-state index contributed by atoms with van der Waals surface area (Å²) in [7, 11) is 4.71. The van der Waals surface area contributed by atoms with Crippen LogP contribution in [-0.4, -0.2) is 31.9 Å². The third-order valence-electron chi connectivity index (χ3n) is 5.79. The van der Waals surface area contributed by atoms with Crippen molar-refractivity contribution in [2.24, 2.45) is 0 Å². The lowest BCUT2D eigenvalue weighted by atomic mass is 10.0. The molecule has 0 fully saturated rings. The molecule has 0 unspecified atom stereocenters. The monoisotopic (exact) mass is 473 g/mol. The highest BCUT2D eigenvalue weighted by atomic mass is 16.5. The second-order valence-corrected chi connectivity index (χ2v) is 7.90. The van der Waals surface area contributed by atoms with E-state index in [1.165, 1.54) is 0 Å². The van der Waals surface area contributed by atoms with Gasteiger partial charge in [0, 0.05) is 29.6 Å². The van der Waals surface area contributed by atoms with Crippen LogP contribution in [0.25, 0.3) is 22.0 Å². The molecular weight excluding hydrogens is 446 g/mol. The van der Waals surface area contributed by atoms with Crippen molar-refractivity contribution in [3.8, 4) is 28.4 Å². The van der Waals surface area contributed by atoms with Crippen LogP contribution in [0.5, 0.6) is 17.2 Å². The van der Waals surface area contributed by atoms with Crippen molar-refractivity contribution in [2.45, 2.75) is 19.6 Å². The molecule has 0 aliphatic carbocycles. The normalized spacial score (nSPS) is 10.7. The number of fused-ring (bicyclic) bond motifs is 1. The molecule has 1 heterocycles. The first-order chi connectivity index (χ1) is 17.0. The zero-order valence-corrected chi connectivity index (χ0v) is 19.9. The van der Waals surface area contributed by atoms with Crippen molar-refractivity contribution in [3.05, 3.63) is 88.7 Å². The fourth-order valence-electron chi connectivity index (χ4n) is 3.92. The van der Waals surface area contributed by atoms with Gasteiger partial charge in [-0.2, -0.15) is 0 Å². The molecule has 0 saturated heterocycles. The van der Waals surface area contributed by atoms with E-state index in [4.69, 9.17) is 18.9 Å². The first kappa shape index (κ1) is 23.9. The lowest BCUT2D eigenvalue weighted by molar-refractivity contribution is -0.145. The van der Waals surface area contributed by atoms with Crippen molar-refractivity contribution in [1.82, 2.24) is 4.57 Å². The number of carbonyl (C=O) groups is 1. The number of nitrogens with zero attached hydrogens (tertiary/aromatic N) is 1. The summed E-state index contributed by atoms with van der Waals surface area (Å²) < 4.78 is 23.2. The Bertz CT molecular complexity index is 1380. The maximum absolute atomic E-state index is 13.6. The summed E-state index contributed by atoms with van der Waals surface area (Å²) in [6.45, 7) is 0.326. The van der Waals surface area contributed by atoms with E-state index in [-0.39, 0.29) is 25.1 Å². The molecule has 180 valence electrons. The molecule has 7 heteroatoms. The molecule has 0 bridgehead atoms. The van der Waals surface area contributed by atoms with Crippen molar-refractivity contribution < 1.29 is 23.7 Å². The standard InChI is InChI=1S/C28H27NO6/c1-32-21-11-9-20(10-12-21)23-17-24-25(15-22(33-2)16-26(24)34-3)29(28(23)31)14-13-27(30)35-18-19-7-5-4-6-8-19/h4-12,15-17H,13-14,18H2,1-3H3. The molecule has 0 aliphatic rings. The van der Waals surface area contributed by atoms with Gasteiger partial charge >= 0.3 is 5.97 Å². The number of carbonyl (C=O) groups excluding carboxylic acids is 1. The second-order valence-electron chi connectivity index (χ2n) is 7.90. The first-order valence-corrected chi connectivity index (χ1v) is 11.2. The first-order valence-electron chi connectivity index (χ1n) is 11.2. The molecule has 7 nitrogen and oxygen atoms in total. The van der Waals surface area contributed by atoms with E-state index in [2.05, 4.69) is 0 Å². The van der Waals surface area contributed by atoms with E-state index < -0.39 is 5.97 Å². The van der Waals surface area contributed by atoms with E-state index in [1.807, 2.05) is 48.5 Å². The highest BCUT2D eigenvalue weighted by Gasteiger charge is 2.17. The number of hydrogen-bond acceptors (Lipinski definition) is 6. The lowest BCUT2D eigenvalue weighted by Gasteiger charge is -2.16. The van der Waals surface area contributed by atoms with Crippen molar-refractivity contribution in [2.75, 3.05) is 21.3 Å². The van der Waals surface area contributed by atoms with Crippen LogP contribution < -0.4 is 19.8 Å². The number of benzene rings is 3. The van der Waals surface area contributed by atoms with Gasteiger partial charge in [0.05, 0.1) is 33.3 Å². The van der Waals surface area contributed by atoms with E-state index in [9.17, 15) is 9.59 Å². The molecule has 4 rings (SSSR count). The molecule has 4 aromatic rings. The third-order valence-corrected chi connectivity index (χ3v) is 5.79. The van der Waals surface area contributed by atoms with E-state index in [0.29, 0.717) is 28.3 Å². The number of aromatic nitrogens is 1. The number of aryl methyl sites for hydroxylation is 1. The van der Waals surface area contributed by atoms with Gasteiger partial charge in [-0.1, -0.05) is 42.5 Å². The number of methoxy groups -OCH3 is 3. The molecule has 0 spiro atoms. The van der Waals surface area contributed by atoms with Crippen LogP contribution in [-0.2, 0) is 22.7 Å². The highest BCUT2D eigenvalue weighted by molar-refractivity contribution is 5.91. The summed E-state index contributed by atoms with van der Waals surface area (Å²) in [5, 5.41) is 0.733. The van der Waals surface area contributed by atoms with Gasteiger partial charge in [-0.3, -0.25) is 9.59 Å². The van der Waals surface area contributed by atoms with Gasteiger partial charge < -0.3 is 23.5 Å². The Labute approximate surface area is 203 Å². The molecule has 0 aliphatic heterocycles. The molecule has 1 aromatic heterocycles. The van der Waals surface area contributed by atoms with Crippen molar-refractivity contribution in [1.29, 1.82) is 0 Å². The fourth-order valence-corrected chi connectivity index (χ4v) is 3.92. The molecule has 35 heavy (non-hydrogen) atoms. The Morgan fingerprint density at radius 1 is 0.829 bits per heavy atom. The average Bonchev–Trinajstić information content (AvgIpc) is 2.91. The SMILES string of the molecule is COc1ccc(-c2cc3c(OC)cc(OC)cc3n(CCC(=O)OCc3ccccc3)c2=O)cc1. The topological polar surface area (TPSA) is 76.0 Å². The van der Waals surface area contributed by atoms with Gasteiger partial charge in [0.2, 0.25) is 0 Å². The summed E-state index contributed by atoms with van der Waals surface area (Å²) in [5.41, 5.74) is 2.50. The summed E-state index contributed by atoms with van der Waals surface area (Å²) in [6.07, 6.45) is 0.0352. The van der Waals surface area contributed by atoms with Gasteiger partial charge in [0.15, 0.2) is 0 Å². The van der Waals surface area contributed by atoms with Crippen LogP contribution in [0.15, 0.2) is 77.6 Å². The van der Waals surface area contributed by atoms with Crippen molar-refractivity contribution >= 4 is 16.9 Å². The second kappa shape index (κ2) is 10.8. The van der Waals surface area contributed by atoms with E-state index in [0.717, 1.165) is 16.5 Å². The smallest absolute Gasteiger partial charge is 0.307 e. The number of rotatable bonds is 9. The maximum atomic E-state index is 13.6. The summed E-state index contributed by atoms with van der Waals surface area (Å²) >= 11 is 0. The van der Waals surface area contributed by atoms with Gasteiger partial charge in [0.1, 0.15) is 23.9 Å². The Hall–Kier alpha value is -4.26. The van der Waals surface area contributed by atoms with E-state index in [1.54, 1.807) is 50.2 Å². The number of esters is 1. The minimum absolute atomic E-state index is 0.0352. The Kier molecular flexibility index (Phi) is 7.35. The molecule has 0 radical (unpaired) electrons. The van der Waals surface area contributed by atoms with Crippen LogP contribution in [0, 0.1) is 0 Å². The Morgan fingerprint density at radius 2 is 1.54 bits per heavy atom. The van der Waals surface area contributed by atoms with Gasteiger partial charge in [-0.05, 0) is 29.3 Å². The zero-order chi connectivity index (χ0) is 24.8. The minimum Gasteiger partial charge on any atom is -0.497 e. The van der Waals surface area contributed by atoms with Gasteiger partial charge in [-0.25, -0.2) is 0 Å². The molecule has 0 atom stereocenters. The van der Waals surface area contributed by atoms with Crippen LogP contribution in [0.1, 0.15) is 12.0 Å². The Balaban J connectivity index is 1.72. The number of ether oxygens (including phenoxy) is 4. The summed E-state index contributed by atoms with van der Waals surface area (Å²) in [6, 6.07) is 22.1. The average molecular weight is 474 g/mol. The highest BCUT2D eigenvalue weighted by Crippen LogP contribution is 2.33. The molecular formula is C28H27NO6. The quantitative estimate of drug-likeness (QED) is 0.324. The largest absolute Gasteiger partial charge is 0.497 e. The van der Waals surface area contributed by atoms with E-state index >= 15 is 0 Å². The number of pyridine rings is 1. The lowest BCUT2D eigenvalue weighted by Crippen LogP contribution is -2.24. The maximum Gasteiger partial charge on any atom is 0.307 e. The van der Waals surface area contributed by atoms with Crippen molar-refractivity contribution in [3.63, 3.8) is 0 Å². The third kappa shape index (κ3) is 5.30. The summed E-state index contributed by atoms with van der Waals surface area (Å²) in [4.78, 5) is 26.1. The predicted octanol–water partition coefficient (Wildman–Crippen LogP) is 4.83. The van der Waals surface area contributed by atoms with Gasteiger partial charge in [0.25, 0.3) is 5.56 Å². The molecule has 3 aromatic carbocycles. The zero-order valence-electron chi connectivity index (χ0n) is 19.9. The van der Waals surface area contributed by atoms with Gasteiger partial charge in [-0.15, -0.1) is 0 Å². The minimum atomic E-state index is -0.390. The Morgan fingerprint density at radius 3 is 2.20 bits per heavy atom. The van der Waals surface area contributed by atoms with Crippen LogP contribution in [0.4, 0.5) is 0 Å². The molecule has 0 amide bonds. The summed E-state index contributed by atoms with van der Waals surface area (Å²) in [5.74, 6) is 1.41.